The standard InChI is InChI=1S/C16H11Cl3N2OS/c1-22-12-8-4-5-9-13(12)23-15-14(16(17,18)19)20-10-6-2-3-7-11(10)21-15/h2-9H,1H3. The minimum absolute atomic E-state index is 0.303. The number of hydrogen-bond donors (Lipinski definition) is 0. The van der Waals surface area contributed by atoms with Gasteiger partial charge in [0.2, 0.25) is 3.79 Å². The second-order valence-electron chi connectivity index (χ2n) is 4.62. The fraction of sp³-hybridized carbons (Fsp3) is 0.125. The topological polar surface area (TPSA) is 35.0 Å². The molecule has 3 rings (SSSR count). The highest BCUT2D eigenvalue weighted by molar-refractivity contribution is 7.99. The molecular formula is C16H11Cl3N2OS. The van der Waals surface area contributed by atoms with E-state index >= 15 is 0 Å². The lowest BCUT2D eigenvalue weighted by atomic mass is 10.3. The van der Waals surface area contributed by atoms with Gasteiger partial charge in [-0.2, -0.15) is 0 Å². The lowest BCUT2D eigenvalue weighted by Crippen LogP contribution is -2.08. The number of para-hydroxylation sites is 3. The monoisotopic (exact) mass is 384 g/mol. The van der Waals surface area contributed by atoms with Crippen molar-refractivity contribution >= 4 is 57.6 Å². The third kappa shape index (κ3) is 3.66. The molecule has 0 fully saturated rings. The van der Waals surface area contributed by atoms with Crippen molar-refractivity contribution in [3.63, 3.8) is 0 Å². The normalized spacial score (nSPS) is 11.7. The number of nitrogens with zero attached hydrogens (tertiary/aromatic N) is 2. The van der Waals surface area contributed by atoms with Crippen molar-refractivity contribution in [3.05, 3.63) is 54.2 Å². The maximum absolute atomic E-state index is 6.09. The number of hydrogen-bond acceptors (Lipinski definition) is 4. The molecular weight excluding hydrogens is 375 g/mol. The van der Waals surface area contributed by atoms with Crippen molar-refractivity contribution < 1.29 is 4.74 Å². The number of benzene rings is 2. The van der Waals surface area contributed by atoms with Crippen molar-refractivity contribution in [1.82, 2.24) is 9.97 Å². The van der Waals surface area contributed by atoms with E-state index in [9.17, 15) is 0 Å². The Morgan fingerprint density at radius 2 is 1.52 bits per heavy atom. The number of rotatable bonds is 3. The Morgan fingerprint density at radius 3 is 2.17 bits per heavy atom. The van der Waals surface area contributed by atoms with Crippen LogP contribution in [0.2, 0.25) is 0 Å². The molecule has 0 atom stereocenters. The third-order valence-electron chi connectivity index (χ3n) is 3.08. The van der Waals surface area contributed by atoms with Crippen LogP contribution < -0.4 is 4.74 Å². The molecule has 0 N–H and O–H groups in total. The van der Waals surface area contributed by atoms with Gasteiger partial charge < -0.3 is 4.74 Å². The van der Waals surface area contributed by atoms with Crippen LogP contribution in [0, 0.1) is 0 Å². The fourth-order valence-electron chi connectivity index (χ4n) is 2.05. The predicted molar refractivity (Wildman–Crippen MR) is 95.9 cm³/mol. The highest BCUT2D eigenvalue weighted by atomic mass is 35.6. The zero-order chi connectivity index (χ0) is 16.4. The number of halogens is 3. The van der Waals surface area contributed by atoms with Crippen LogP contribution in [-0.2, 0) is 3.79 Å². The minimum atomic E-state index is -1.67. The lowest BCUT2D eigenvalue weighted by molar-refractivity contribution is 0.405. The average Bonchev–Trinajstić information content (AvgIpc) is 2.54. The molecule has 0 saturated heterocycles. The van der Waals surface area contributed by atoms with E-state index in [4.69, 9.17) is 39.5 Å². The van der Waals surface area contributed by atoms with E-state index in [1.54, 1.807) is 7.11 Å². The summed E-state index contributed by atoms with van der Waals surface area (Å²) in [5, 5.41) is 0.535. The molecule has 1 heterocycles. The van der Waals surface area contributed by atoms with Gasteiger partial charge in [-0.05, 0) is 24.3 Å². The number of fused-ring (bicyclic) bond motifs is 1. The molecule has 0 amide bonds. The summed E-state index contributed by atoms with van der Waals surface area (Å²) in [4.78, 5) is 9.95. The summed E-state index contributed by atoms with van der Waals surface area (Å²) in [6.45, 7) is 0. The van der Waals surface area contributed by atoms with Crippen LogP contribution in [0.15, 0.2) is 58.5 Å². The van der Waals surface area contributed by atoms with Gasteiger partial charge in [0.15, 0.2) is 0 Å². The van der Waals surface area contributed by atoms with E-state index in [1.165, 1.54) is 11.8 Å². The molecule has 0 bridgehead atoms. The van der Waals surface area contributed by atoms with Gasteiger partial charge in [-0.3, -0.25) is 0 Å². The summed E-state index contributed by atoms with van der Waals surface area (Å²) in [5.41, 5.74) is 1.72. The molecule has 2 aromatic carbocycles. The van der Waals surface area contributed by atoms with Crippen LogP contribution >= 0.6 is 46.6 Å². The molecule has 23 heavy (non-hydrogen) atoms. The van der Waals surface area contributed by atoms with Crippen LogP contribution in [-0.4, -0.2) is 17.1 Å². The molecule has 7 heteroatoms. The van der Waals surface area contributed by atoms with E-state index in [-0.39, 0.29) is 0 Å². The largest absolute Gasteiger partial charge is 0.496 e. The third-order valence-corrected chi connectivity index (χ3v) is 4.65. The summed E-state index contributed by atoms with van der Waals surface area (Å²) >= 11 is 19.6. The number of ether oxygens (including phenoxy) is 1. The van der Waals surface area contributed by atoms with Crippen molar-refractivity contribution in [1.29, 1.82) is 0 Å². The van der Waals surface area contributed by atoms with E-state index in [0.29, 0.717) is 16.2 Å². The molecule has 0 aliphatic rings. The van der Waals surface area contributed by atoms with Gasteiger partial charge in [-0.15, -0.1) is 0 Å². The SMILES string of the molecule is COc1ccccc1Sc1nc2ccccc2nc1C(Cl)(Cl)Cl. The molecule has 0 aliphatic heterocycles. The second-order valence-corrected chi connectivity index (χ2v) is 7.93. The molecule has 118 valence electrons. The highest BCUT2D eigenvalue weighted by Crippen LogP contribution is 2.44. The van der Waals surface area contributed by atoms with Gasteiger partial charge in [0.1, 0.15) is 16.5 Å². The van der Waals surface area contributed by atoms with Crippen LogP contribution in [0.25, 0.3) is 11.0 Å². The van der Waals surface area contributed by atoms with E-state index < -0.39 is 3.79 Å². The molecule has 0 unspecified atom stereocenters. The summed E-state index contributed by atoms with van der Waals surface area (Å²) in [6.07, 6.45) is 0. The minimum Gasteiger partial charge on any atom is -0.496 e. The lowest BCUT2D eigenvalue weighted by Gasteiger charge is -2.16. The fourth-order valence-corrected chi connectivity index (χ4v) is 3.66. The first kappa shape index (κ1) is 16.7. The Morgan fingerprint density at radius 1 is 0.913 bits per heavy atom. The Hall–Kier alpha value is -1.20. The van der Waals surface area contributed by atoms with E-state index in [1.807, 2.05) is 48.5 Å². The van der Waals surface area contributed by atoms with Crippen LogP contribution in [0.1, 0.15) is 5.69 Å². The van der Waals surface area contributed by atoms with Gasteiger partial charge in [0.25, 0.3) is 0 Å². The Kier molecular flexibility index (Phi) is 4.87. The van der Waals surface area contributed by atoms with Crippen LogP contribution in [0.3, 0.4) is 0 Å². The van der Waals surface area contributed by atoms with Crippen LogP contribution in [0.4, 0.5) is 0 Å². The smallest absolute Gasteiger partial charge is 0.235 e. The van der Waals surface area contributed by atoms with Crippen molar-refractivity contribution in [2.45, 2.75) is 13.7 Å². The zero-order valence-corrected chi connectivity index (χ0v) is 15.0. The van der Waals surface area contributed by atoms with Gasteiger partial charge >= 0.3 is 0 Å². The molecule has 3 aromatic rings. The maximum atomic E-state index is 6.09. The van der Waals surface area contributed by atoms with Gasteiger partial charge in [0.05, 0.1) is 23.0 Å². The van der Waals surface area contributed by atoms with Crippen molar-refractivity contribution in [2.24, 2.45) is 0 Å². The molecule has 0 aliphatic carbocycles. The van der Waals surface area contributed by atoms with Gasteiger partial charge in [-0.1, -0.05) is 70.8 Å². The highest BCUT2D eigenvalue weighted by Gasteiger charge is 2.30. The number of aromatic nitrogens is 2. The zero-order valence-electron chi connectivity index (χ0n) is 12.0. The number of methoxy groups -OCH3 is 1. The first-order valence-corrected chi connectivity index (χ1v) is 8.59. The predicted octanol–water partition coefficient (Wildman–Crippen LogP) is 5.62. The van der Waals surface area contributed by atoms with Crippen LogP contribution in [0.5, 0.6) is 5.75 Å². The summed E-state index contributed by atoms with van der Waals surface area (Å²) in [6, 6.07) is 15.1. The Labute approximate surface area is 152 Å². The molecule has 1 aromatic heterocycles. The maximum Gasteiger partial charge on any atom is 0.235 e. The second kappa shape index (κ2) is 6.73. The van der Waals surface area contributed by atoms with Crippen molar-refractivity contribution in [2.75, 3.05) is 7.11 Å². The quantitative estimate of drug-likeness (QED) is 0.548. The van der Waals surface area contributed by atoms with E-state index in [2.05, 4.69) is 9.97 Å². The molecule has 0 radical (unpaired) electrons. The van der Waals surface area contributed by atoms with Crippen molar-refractivity contribution in [3.8, 4) is 5.75 Å². The van der Waals surface area contributed by atoms with Gasteiger partial charge in [0, 0.05) is 0 Å². The number of alkyl halides is 3. The summed E-state index contributed by atoms with van der Waals surface area (Å²) in [7, 11) is 1.61. The first-order valence-electron chi connectivity index (χ1n) is 6.64. The molecule has 3 nitrogen and oxygen atoms in total. The molecule has 0 spiro atoms. The molecule has 0 saturated carbocycles. The first-order chi connectivity index (χ1) is 11.0. The Balaban J connectivity index is 2.15. The summed E-state index contributed by atoms with van der Waals surface area (Å²) in [5.74, 6) is 0.725. The Bertz CT molecular complexity index is 852. The van der Waals surface area contributed by atoms with Gasteiger partial charge in [-0.25, -0.2) is 9.97 Å². The average molecular weight is 386 g/mol. The summed E-state index contributed by atoms with van der Waals surface area (Å²) < 4.78 is 3.70. The van der Waals surface area contributed by atoms with E-state index in [0.717, 1.165) is 16.2 Å².